The van der Waals surface area contributed by atoms with E-state index >= 15 is 0 Å². The van der Waals surface area contributed by atoms with Gasteiger partial charge < -0.3 is 20.3 Å². The number of anilines is 1. The van der Waals surface area contributed by atoms with Gasteiger partial charge in [0.1, 0.15) is 6.61 Å². The molecule has 0 saturated heterocycles. The highest BCUT2D eigenvalue weighted by atomic mass is 16.5. The summed E-state index contributed by atoms with van der Waals surface area (Å²) in [5.74, 6) is -2.87. The molecule has 11 nitrogen and oxygen atoms in total. The molecule has 33 heavy (non-hydrogen) atoms. The van der Waals surface area contributed by atoms with Crippen molar-refractivity contribution in [3.8, 4) is 11.1 Å². The van der Waals surface area contributed by atoms with E-state index in [1.165, 1.54) is 0 Å². The van der Waals surface area contributed by atoms with Crippen molar-refractivity contribution in [1.82, 2.24) is 20.5 Å². The van der Waals surface area contributed by atoms with Gasteiger partial charge in [-0.15, -0.1) is 5.10 Å². The molecule has 1 heterocycles. The first-order chi connectivity index (χ1) is 15.8. The molecule has 4 rings (SSSR count). The highest BCUT2D eigenvalue weighted by Gasteiger charge is 2.31. The molecule has 170 valence electrons. The van der Waals surface area contributed by atoms with Crippen molar-refractivity contribution in [1.29, 1.82) is 0 Å². The third-order valence-electron chi connectivity index (χ3n) is 5.31. The van der Waals surface area contributed by atoms with Crippen LogP contribution in [-0.2, 0) is 9.53 Å². The third kappa shape index (κ3) is 4.53. The van der Waals surface area contributed by atoms with Crippen molar-refractivity contribution < 1.29 is 29.3 Å². The number of carboxylic acid groups (broad SMARTS) is 1. The zero-order chi connectivity index (χ0) is 23.6. The van der Waals surface area contributed by atoms with E-state index in [2.05, 4.69) is 25.8 Å². The standard InChI is InChI=1S/C22H21N5O6/c1-22(32,19(29)30)11-23-18(28)17-24-20(27-26-17)25-21(31)33-10-16-14-8-4-2-6-12(14)13-7-3-5-9-15(13)16/h2-9,16,32H,10-11H2,1H3,(H,23,28)(H,29,30)(H2,24,25,26,27,31). The van der Waals surface area contributed by atoms with Crippen molar-refractivity contribution in [2.45, 2.75) is 18.4 Å². The fourth-order valence-electron chi connectivity index (χ4n) is 3.56. The van der Waals surface area contributed by atoms with Gasteiger partial charge in [0, 0.05) is 5.92 Å². The Morgan fingerprint density at radius 1 is 1.09 bits per heavy atom. The monoisotopic (exact) mass is 451 g/mol. The molecule has 0 aliphatic heterocycles. The maximum absolute atomic E-state index is 12.3. The Morgan fingerprint density at radius 3 is 2.30 bits per heavy atom. The van der Waals surface area contributed by atoms with Crippen molar-refractivity contribution >= 4 is 23.9 Å². The lowest BCUT2D eigenvalue weighted by atomic mass is 9.98. The predicted molar refractivity (Wildman–Crippen MR) is 116 cm³/mol. The number of H-pyrrole nitrogens is 1. The van der Waals surface area contributed by atoms with Crippen LogP contribution in [0.4, 0.5) is 10.7 Å². The van der Waals surface area contributed by atoms with E-state index in [0.717, 1.165) is 29.2 Å². The molecule has 0 saturated carbocycles. The first-order valence-electron chi connectivity index (χ1n) is 10.0. The van der Waals surface area contributed by atoms with Gasteiger partial charge in [-0.1, -0.05) is 48.5 Å². The molecular weight excluding hydrogens is 430 g/mol. The maximum atomic E-state index is 12.3. The normalized spacial score (nSPS) is 14.0. The Hall–Kier alpha value is -4.25. The van der Waals surface area contributed by atoms with Crippen LogP contribution in [0.1, 0.15) is 34.6 Å². The number of rotatable bonds is 7. The van der Waals surface area contributed by atoms with Crippen LogP contribution in [0.5, 0.6) is 0 Å². The Kier molecular flexibility index (Phi) is 5.80. The van der Waals surface area contributed by atoms with Crippen LogP contribution in [0.2, 0.25) is 0 Å². The van der Waals surface area contributed by atoms with E-state index in [0.29, 0.717) is 0 Å². The topological polar surface area (TPSA) is 167 Å². The molecule has 2 aromatic carbocycles. The summed E-state index contributed by atoms with van der Waals surface area (Å²) in [4.78, 5) is 39.0. The number of aliphatic carboxylic acids is 1. The summed E-state index contributed by atoms with van der Waals surface area (Å²) in [6, 6.07) is 15.9. The Labute approximate surface area is 187 Å². The largest absolute Gasteiger partial charge is 0.479 e. The van der Waals surface area contributed by atoms with E-state index in [-0.39, 0.29) is 24.3 Å². The van der Waals surface area contributed by atoms with Crippen molar-refractivity contribution in [2.24, 2.45) is 0 Å². The molecule has 1 aromatic heterocycles. The van der Waals surface area contributed by atoms with Crippen molar-refractivity contribution in [3.63, 3.8) is 0 Å². The second kappa shape index (κ2) is 8.71. The first kappa shape index (κ1) is 22.0. The first-order valence-corrected chi connectivity index (χ1v) is 10.0. The fourth-order valence-corrected chi connectivity index (χ4v) is 3.56. The average molecular weight is 451 g/mol. The van der Waals surface area contributed by atoms with Gasteiger partial charge in [-0.25, -0.2) is 9.59 Å². The van der Waals surface area contributed by atoms with Gasteiger partial charge in [0.2, 0.25) is 5.82 Å². The number of hydrogen-bond donors (Lipinski definition) is 5. The minimum Gasteiger partial charge on any atom is -0.479 e. The highest BCUT2D eigenvalue weighted by Crippen LogP contribution is 2.44. The van der Waals surface area contributed by atoms with Crippen LogP contribution < -0.4 is 10.6 Å². The summed E-state index contributed by atoms with van der Waals surface area (Å²) in [7, 11) is 0. The lowest BCUT2D eigenvalue weighted by Crippen LogP contribution is -2.46. The molecule has 0 bridgehead atoms. The van der Waals surface area contributed by atoms with Crippen LogP contribution in [0.15, 0.2) is 48.5 Å². The molecule has 11 heteroatoms. The second-order valence-electron chi connectivity index (χ2n) is 7.72. The molecule has 2 amide bonds. The van der Waals surface area contributed by atoms with Gasteiger partial charge in [0.15, 0.2) is 5.60 Å². The number of nitrogens with one attached hydrogen (secondary N) is 3. The van der Waals surface area contributed by atoms with Crippen LogP contribution >= 0.6 is 0 Å². The quantitative estimate of drug-likeness (QED) is 0.362. The number of ether oxygens (including phenoxy) is 1. The number of benzene rings is 2. The number of hydrogen-bond acceptors (Lipinski definition) is 7. The van der Waals surface area contributed by atoms with Gasteiger partial charge >= 0.3 is 12.1 Å². The number of carboxylic acids is 1. The van der Waals surface area contributed by atoms with E-state index in [1.807, 2.05) is 48.5 Å². The second-order valence-corrected chi connectivity index (χ2v) is 7.72. The number of aromatic amines is 1. The predicted octanol–water partition coefficient (Wildman–Crippen LogP) is 1.73. The fraction of sp³-hybridized carbons (Fsp3) is 0.227. The molecule has 1 aliphatic rings. The summed E-state index contributed by atoms with van der Waals surface area (Å²) >= 11 is 0. The van der Waals surface area contributed by atoms with Crippen LogP contribution in [0.3, 0.4) is 0 Å². The summed E-state index contributed by atoms with van der Waals surface area (Å²) in [5.41, 5.74) is 2.21. The van der Waals surface area contributed by atoms with Crippen molar-refractivity contribution in [3.05, 3.63) is 65.5 Å². The van der Waals surface area contributed by atoms with Gasteiger partial charge in [0.05, 0.1) is 6.54 Å². The SMILES string of the molecule is CC(O)(CNC(=O)c1nc(NC(=O)OCC2c3ccccc3-c3ccccc32)n[nH]1)C(=O)O. The molecule has 1 aliphatic carbocycles. The summed E-state index contributed by atoms with van der Waals surface area (Å²) in [6.45, 7) is 0.596. The smallest absolute Gasteiger partial charge is 0.414 e. The van der Waals surface area contributed by atoms with Crippen LogP contribution in [0.25, 0.3) is 11.1 Å². The molecule has 1 atom stereocenters. The van der Waals surface area contributed by atoms with Gasteiger partial charge in [0.25, 0.3) is 11.9 Å². The maximum Gasteiger partial charge on any atom is 0.414 e. The minimum atomic E-state index is -2.14. The van der Waals surface area contributed by atoms with Gasteiger partial charge in [-0.05, 0) is 29.2 Å². The number of fused-ring (bicyclic) bond motifs is 3. The Balaban J connectivity index is 1.35. The lowest BCUT2D eigenvalue weighted by molar-refractivity contribution is -0.155. The van der Waals surface area contributed by atoms with E-state index in [4.69, 9.17) is 9.84 Å². The Morgan fingerprint density at radius 2 is 1.70 bits per heavy atom. The van der Waals surface area contributed by atoms with Gasteiger partial charge in [-0.2, -0.15) is 4.98 Å². The summed E-state index contributed by atoms with van der Waals surface area (Å²) < 4.78 is 5.39. The molecule has 5 N–H and O–H groups in total. The number of aromatic nitrogens is 3. The number of carbonyl (C=O) groups is 3. The summed E-state index contributed by atoms with van der Waals surface area (Å²) in [5, 5.41) is 29.1. The number of amides is 2. The summed E-state index contributed by atoms with van der Waals surface area (Å²) in [6.07, 6.45) is -0.795. The number of nitrogens with zero attached hydrogens (tertiary/aromatic N) is 2. The number of aliphatic hydroxyl groups is 1. The van der Waals surface area contributed by atoms with Crippen LogP contribution in [-0.4, -0.2) is 62.1 Å². The Bertz CT molecular complexity index is 1180. The van der Waals surface area contributed by atoms with Crippen LogP contribution in [0, 0.1) is 0 Å². The zero-order valence-corrected chi connectivity index (χ0v) is 17.5. The molecule has 3 aromatic rings. The molecule has 1 unspecified atom stereocenters. The molecular formula is C22H21N5O6. The lowest BCUT2D eigenvalue weighted by Gasteiger charge is -2.17. The number of carbonyl (C=O) groups excluding carboxylic acids is 2. The third-order valence-corrected chi connectivity index (χ3v) is 5.31. The highest BCUT2D eigenvalue weighted by molar-refractivity contribution is 5.92. The van der Waals surface area contributed by atoms with Crippen molar-refractivity contribution in [2.75, 3.05) is 18.5 Å². The van der Waals surface area contributed by atoms with E-state index < -0.39 is 30.1 Å². The van der Waals surface area contributed by atoms with E-state index in [1.54, 1.807) is 0 Å². The zero-order valence-electron chi connectivity index (χ0n) is 17.5. The molecule has 0 spiro atoms. The van der Waals surface area contributed by atoms with Gasteiger partial charge in [-0.3, -0.25) is 15.2 Å². The molecule has 0 radical (unpaired) electrons. The minimum absolute atomic E-state index is 0.0991. The van der Waals surface area contributed by atoms with E-state index in [9.17, 15) is 19.5 Å². The average Bonchev–Trinajstić information content (AvgIpc) is 3.39. The molecule has 0 fully saturated rings.